The zero-order chi connectivity index (χ0) is 22.9. The zero-order valence-corrected chi connectivity index (χ0v) is 19.3. The van der Waals surface area contributed by atoms with Gasteiger partial charge < -0.3 is 14.2 Å². The van der Waals surface area contributed by atoms with Gasteiger partial charge in [-0.15, -0.1) is 0 Å². The molecule has 1 heterocycles. The van der Waals surface area contributed by atoms with Crippen molar-refractivity contribution in [3.8, 4) is 11.5 Å². The third-order valence-corrected chi connectivity index (χ3v) is 5.31. The molecule has 1 aromatic rings. The van der Waals surface area contributed by atoms with Crippen LogP contribution in [-0.2, 0) is 11.2 Å². The third kappa shape index (κ3) is 5.32. The van der Waals surface area contributed by atoms with E-state index in [1.54, 1.807) is 26.8 Å². The molecule has 0 spiro atoms. The van der Waals surface area contributed by atoms with E-state index < -0.39 is 17.4 Å². The number of allylic oxidation sites excluding steroid dienone is 1. The van der Waals surface area contributed by atoms with E-state index in [4.69, 9.17) is 14.2 Å². The number of carbonyl (C=O) groups is 1. The average Bonchev–Trinajstić information content (AvgIpc) is 2.61. The van der Waals surface area contributed by atoms with E-state index in [-0.39, 0.29) is 10.6 Å². The maximum absolute atomic E-state index is 12.2. The highest BCUT2D eigenvalue weighted by Gasteiger charge is 2.36. The molecule has 1 aromatic carbocycles. The number of carbonyl (C=O) groups excluding carboxylic acids is 1. The van der Waals surface area contributed by atoms with E-state index in [9.17, 15) is 14.9 Å². The van der Waals surface area contributed by atoms with Crippen LogP contribution in [0.3, 0.4) is 0 Å². The number of rotatable bonds is 5. The van der Waals surface area contributed by atoms with Gasteiger partial charge >= 0.3 is 6.16 Å². The molecule has 1 unspecified atom stereocenters. The van der Waals surface area contributed by atoms with Crippen LogP contribution in [0.2, 0.25) is 0 Å². The first kappa shape index (κ1) is 23.7. The molecule has 0 amide bonds. The van der Waals surface area contributed by atoms with Crippen LogP contribution in [0.25, 0.3) is 0 Å². The Balaban J connectivity index is 2.42. The second kappa shape index (κ2) is 8.66. The van der Waals surface area contributed by atoms with E-state index in [0.717, 1.165) is 22.3 Å². The molecule has 166 valence electrons. The van der Waals surface area contributed by atoms with Crippen molar-refractivity contribution < 1.29 is 23.9 Å². The molecule has 1 aliphatic rings. The Labute approximate surface area is 178 Å². The summed E-state index contributed by atoms with van der Waals surface area (Å²) in [6.07, 6.45) is 3.26. The molecular weight excluding hydrogens is 386 g/mol. The summed E-state index contributed by atoms with van der Waals surface area (Å²) in [5, 5.41) is 11.4. The Kier molecular flexibility index (Phi) is 6.84. The first-order valence-electron chi connectivity index (χ1n) is 10.4. The monoisotopic (exact) mass is 419 g/mol. The predicted molar refractivity (Wildman–Crippen MR) is 115 cm³/mol. The SMILES string of the molecule is CCC/C(=C\C1(C)CCc2c(C)c(OC(=O)OC(C)(C)C)c(C)c(C)c2O1)[N+](=O)[O-]. The lowest BCUT2D eigenvalue weighted by molar-refractivity contribution is -0.428. The second-order valence-electron chi connectivity index (χ2n) is 9.14. The van der Waals surface area contributed by atoms with Gasteiger partial charge in [0.25, 0.3) is 0 Å². The molecule has 7 nitrogen and oxygen atoms in total. The molecule has 0 radical (unpaired) electrons. The molecule has 7 heteroatoms. The van der Waals surface area contributed by atoms with E-state index in [1.165, 1.54) is 0 Å². The first-order chi connectivity index (χ1) is 13.8. The van der Waals surface area contributed by atoms with Gasteiger partial charge in [-0.1, -0.05) is 6.92 Å². The highest BCUT2D eigenvalue weighted by molar-refractivity contribution is 5.69. The Hall–Kier alpha value is -2.57. The van der Waals surface area contributed by atoms with Gasteiger partial charge in [-0.3, -0.25) is 10.1 Å². The topological polar surface area (TPSA) is 87.9 Å². The van der Waals surface area contributed by atoms with Crippen LogP contribution < -0.4 is 9.47 Å². The van der Waals surface area contributed by atoms with Gasteiger partial charge in [-0.05, 0) is 84.4 Å². The van der Waals surface area contributed by atoms with Crippen LogP contribution in [0.4, 0.5) is 4.79 Å². The highest BCUT2D eigenvalue weighted by Crippen LogP contribution is 2.44. The van der Waals surface area contributed by atoms with Crippen molar-refractivity contribution in [1.82, 2.24) is 0 Å². The number of nitro groups is 1. The molecule has 2 rings (SSSR count). The minimum atomic E-state index is -0.762. The molecule has 0 saturated carbocycles. The molecule has 0 bridgehead atoms. The van der Waals surface area contributed by atoms with Gasteiger partial charge in [0.05, 0.1) is 4.92 Å². The first-order valence-corrected chi connectivity index (χ1v) is 10.4. The van der Waals surface area contributed by atoms with Crippen LogP contribution in [0.5, 0.6) is 11.5 Å². The van der Waals surface area contributed by atoms with Crippen LogP contribution in [0.1, 0.15) is 76.1 Å². The summed E-state index contributed by atoms with van der Waals surface area (Å²) >= 11 is 0. The average molecular weight is 420 g/mol. The fraction of sp³-hybridized carbons (Fsp3) is 0.609. The predicted octanol–water partition coefficient (Wildman–Crippen LogP) is 5.97. The van der Waals surface area contributed by atoms with E-state index >= 15 is 0 Å². The van der Waals surface area contributed by atoms with Crippen molar-refractivity contribution >= 4 is 6.16 Å². The standard InChI is InChI=1S/C23H33NO6/c1-9-10-17(24(26)27)13-23(8)12-11-18-16(4)19(14(2)15(3)20(18)29-23)28-21(25)30-22(5,6)7/h13H,9-12H2,1-8H3/b17-13+. The molecule has 1 atom stereocenters. The number of fused-ring (bicyclic) bond motifs is 1. The zero-order valence-electron chi connectivity index (χ0n) is 19.3. The molecule has 0 aromatic heterocycles. The molecule has 0 N–H and O–H groups in total. The Morgan fingerprint density at radius 1 is 1.23 bits per heavy atom. The minimum absolute atomic E-state index is 0.180. The summed E-state index contributed by atoms with van der Waals surface area (Å²) in [7, 11) is 0. The molecule has 1 aliphatic heterocycles. The van der Waals surface area contributed by atoms with Gasteiger partial charge in [0, 0.05) is 18.1 Å². The summed E-state index contributed by atoms with van der Waals surface area (Å²) in [5.41, 5.74) is 2.20. The van der Waals surface area contributed by atoms with E-state index in [0.29, 0.717) is 37.2 Å². The quantitative estimate of drug-likeness (QED) is 0.253. The maximum atomic E-state index is 12.2. The van der Waals surface area contributed by atoms with Crippen LogP contribution in [-0.4, -0.2) is 22.3 Å². The van der Waals surface area contributed by atoms with E-state index in [2.05, 4.69) is 0 Å². The summed E-state index contributed by atoms with van der Waals surface area (Å²) in [5.74, 6) is 1.20. The third-order valence-electron chi connectivity index (χ3n) is 5.31. The summed E-state index contributed by atoms with van der Waals surface area (Å²) in [6, 6.07) is 0. The molecule has 0 saturated heterocycles. The minimum Gasteiger partial charge on any atom is -0.483 e. The Bertz CT molecular complexity index is 881. The number of nitrogens with zero attached hydrogens (tertiary/aromatic N) is 1. The fourth-order valence-electron chi connectivity index (χ4n) is 3.69. The molecule has 0 aliphatic carbocycles. The van der Waals surface area contributed by atoms with E-state index in [1.807, 2.05) is 34.6 Å². The van der Waals surface area contributed by atoms with Crippen molar-refractivity contribution in [3.63, 3.8) is 0 Å². The van der Waals surface area contributed by atoms with Gasteiger partial charge in [0.2, 0.25) is 5.70 Å². The lowest BCUT2D eigenvalue weighted by Crippen LogP contribution is -2.36. The maximum Gasteiger partial charge on any atom is 0.514 e. The number of ether oxygens (including phenoxy) is 3. The largest absolute Gasteiger partial charge is 0.514 e. The summed E-state index contributed by atoms with van der Waals surface area (Å²) in [4.78, 5) is 23.3. The van der Waals surface area contributed by atoms with Crippen LogP contribution in [0.15, 0.2) is 11.8 Å². The van der Waals surface area contributed by atoms with Gasteiger partial charge in [-0.2, -0.15) is 0 Å². The second-order valence-corrected chi connectivity index (χ2v) is 9.14. The van der Waals surface area contributed by atoms with Crippen molar-refractivity contribution in [1.29, 1.82) is 0 Å². The summed E-state index contributed by atoms with van der Waals surface area (Å²) < 4.78 is 17.2. The number of hydrogen-bond donors (Lipinski definition) is 0. The fourth-order valence-corrected chi connectivity index (χ4v) is 3.69. The van der Waals surface area contributed by atoms with Crippen LogP contribution >= 0.6 is 0 Å². The number of hydrogen-bond acceptors (Lipinski definition) is 6. The Morgan fingerprint density at radius 3 is 2.40 bits per heavy atom. The summed E-state index contributed by atoms with van der Waals surface area (Å²) in [6.45, 7) is 14.8. The van der Waals surface area contributed by atoms with Gasteiger partial charge in [0.15, 0.2) is 0 Å². The molecule has 30 heavy (non-hydrogen) atoms. The van der Waals surface area contributed by atoms with Crippen molar-refractivity contribution in [3.05, 3.63) is 44.1 Å². The van der Waals surface area contributed by atoms with Crippen LogP contribution in [0, 0.1) is 30.9 Å². The molecule has 0 fully saturated rings. The lowest BCUT2D eigenvalue weighted by Gasteiger charge is -2.36. The van der Waals surface area contributed by atoms with Crippen molar-refractivity contribution in [2.45, 2.75) is 92.3 Å². The number of benzene rings is 1. The lowest BCUT2D eigenvalue weighted by atomic mass is 9.86. The van der Waals surface area contributed by atoms with Gasteiger partial charge in [0.1, 0.15) is 22.7 Å². The van der Waals surface area contributed by atoms with Crippen molar-refractivity contribution in [2.24, 2.45) is 0 Å². The smallest absolute Gasteiger partial charge is 0.483 e. The van der Waals surface area contributed by atoms with Crippen molar-refractivity contribution in [2.75, 3.05) is 0 Å². The normalized spacial score (nSPS) is 19.0. The Morgan fingerprint density at radius 2 is 1.87 bits per heavy atom. The molecular formula is C23H33NO6. The van der Waals surface area contributed by atoms with Gasteiger partial charge in [-0.25, -0.2) is 4.79 Å². The highest BCUT2D eigenvalue weighted by atomic mass is 16.7.